The first-order chi connectivity index (χ1) is 10.1. The van der Waals surface area contributed by atoms with Crippen molar-refractivity contribution in [3.63, 3.8) is 0 Å². The second-order valence-electron chi connectivity index (χ2n) is 4.69. The van der Waals surface area contributed by atoms with Gasteiger partial charge in [0.05, 0.1) is 6.61 Å². The Balaban J connectivity index is 2.15. The van der Waals surface area contributed by atoms with E-state index in [1.54, 1.807) is 7.11 Å². The smallest absolute Gasteiger partial charge is 0.136 e. The van der Waals surface area contributed by atoms with Gasteiger partial charge in [0, 0.05) is 29.9 Å². The van der Waals surface area contributed by atoms with Gasteiger partial charge in [-0.15, -0.1) is 0 Å². The molecule has 112 valence electrons. The largest absolute Gasteiger partial charge is 0.383 e. The highest BCUT2D eigenvalue weighted by molar-refractivity contribution is 9.10. The number of ether oxygens (including phenoxy) is 1. The summed E-state index contributed by atoms with van der Waals surface area (Å²) in [7, 11) is 1.68. The molecule has 0 radical (unpaired) electrons. The van der Waals surface area contributed by atoms with Crippen LogP contribution in [-0.4, -0.2) is 30.2 Å². The Morgan fingerprint density at radius 3 is 2.62 bits per heavy atom. The van der Waals surface area contributed by atoms with Crippen molar-refractivity contribution >= 4 is 33.3 Å². The lowest BCUT2D eigenvalue weighted by Gasteiger charge is -2.12. The molecule has 1 aromatic carbocycles. The second kappa shape index (κ2) is 7.38. The van der Waals surface area contributed by atoms with Crippen molar-refractivity contribution in [3.8, 4) is 0 Å². The van der Waals surface area contributed by atoms with Crippen LogP contribution in [0.3, 0.4) is 0 Å². The van der Waals surface area contributed by atoms with Crippen LogP contribution in [0.5, 0.6) is 0 Å². The van der Waals surface area contributed by atoms with E-state index in [1.807, 2.05) is 25.1 Å². The minimum Gasteiger partial charge on any atom is -0.383 e. The van der Waals surface area contributed by atoms with Crippen molar-refractivity contribution in [1.82, 2.24) is 9.97 Å². The summed E-state index contributed by atoms with van der Waals surface area (Å²) < 4.78 is 6.08. The number of methoxy groups -OCH3 is 1. The number of aryl methyl sites for hydroxylation is 2. The SMILES string of the molecule is COCCNc1cc(Nc2ccc(Br)cc2C)nc(C)n1. The van der Waals surface area contributed by atoms with Crippen molar-refractivity contribution in [3.05, 3.63) is 40.1 Å². The Kier molecular flexibility index (Phi) is 5.52. The fourth-order valence-electron chi connectivity index (χ4n) is 1.91. The second-order valence-corrected chi connectivity index (χ2v) is 5.61. The highest BCUT2D eigenvalue weighted by atomic mass is 79.9. The van der Waals surface area contributed by atoms with Gasteiger partial charge in [-0.05, 0) is 37.6 Å². The minimum atomic E-state index is 0.637. The van der Waals surface area contributed by atoms with E-state index in [4.69, 9.17) is 4.74 Å². The number of hydrogen-bond donors (Lipinski definition) is 2. The standard InChI is InChI=1S/C15H19BrN4O/c1-10-8-12(16)4-5-13(10)20-15-9-14(17-6-7-21-3)18-11(2)19-15/h4-5,8-9H,6-7H2,1-3H3,(H2,17,18,19,20). The molecule has 1 aromatic heterocycles. The summed E-state index contributed by atoms with van der Waals surface area (Å²) in [5.41, 5.74) is 2.17. The van der Waals surface area contributed by atoms with Crippen LogP contribution in [0.2, 0.25) is 0 Å². The van der Waals surface area contributed by atoms with E-state index in [9.17, 15) is 0 Å². The van der Waals surface area contributed by atoms with E-state index >= 15 is 0 Å². The number of rotatable bonds is 6. The molecule has 0 atom stereocenters. The molecule has 0 aliphatic rings. The molecule has 21 heavy (non-hydrogen) atoms. The predicted molar refractivity (Wildman–Crippen MR) is 89.3 cm³/mol. The van der Waals surface area contributed by atoms with Gasteiger partial charge in [-0.25, -0.2) is 9.97 Å². The lowest BCUT2D eigenvalue weighted by Crippen LogP contribution is -2.10. The molecule has 0 saturated carbocycles. The first-order valence-corrected chi connectivity index (χ1v) is 7.49. The number of halogens is 1. The number of aromatic nitrogens is 2. The highest BCUT2D eigenvalue weighted by Crippen LogP contribution is 2.23. The average Bonchev–Trinajstić information content (AvgIpc) is 2.42. The monoisotopic (exact) mass is 350 g/mol. The van der Waals surface area contributed by atoms with Crippen LogP contribution >= 0.6 is 15.9 Å². The van der Waals surface area contributed by atoms with Crippen LogP contribution in [-0.2, 0) is 4.74 Å². The van der Waals surface area contributed by atoms with Gasteiger partial charge in [-0.2, -0.15) is 0 Å². The molecule has 0 saturated heterocycles. The van der Waals surface area contributed by atoms with Gasteiger partial charge in [0.15, 0.2) is 0 Å². The maximum atomic E-state index is 5.02. The summed E-state index contributed by atoms with van der Waals surface area (Å²) in [6.07, 6.45) is 0. The van der Waals surface area contributed by atoms with Crippen molar-refractivity contribution < 1.29 is 4.74 Å². The van der Waals surface area contributed by atoms with Crippen molar-refractivity contribution in [1.29, 1.82) is 0 Å². The molecular weight excluding hydrogens is 332 g/mol. The molecule has 1 heterocycles. The molecule has 2 aromatic rings. The lowest BCUT2D eigenvalue weighted by atomic mass is 10.2. The molecular formula is C15H19BrN4O. The first kappa shape index (κ1) is 15.7. The molecule has 5 nitrogen and oxygen atoms in total. The van der Waals surface area contributed by atoms with Crippen LogP contribution in [0.4, 0.5) is 17.3 Å². The van der Waals surface area contributed by atoms with E-state index in [0.717, 1.165) is 33.2 Å². The number of anilines is 3. The summed E-state index contributed by atoms with van der Waals surface area (Å²) in [6.45, 7) is 5.28. The van der Waals surface area contributed by atoms with E-state index in [2.05, 4.69) is 49.5 Å². The third-order valence-corrected chi connectivity index (χ3v) is 3.39. The Labute approximate surface area is 133 Å². The fourth-order valence-corrected chi connectivity index (χ4v) is 2.38. The summed E-state index contributed by atoms with van der Waals surface area (Å²) in [5.74, 6) is 2.28. The highest BCUT2D eigenvalue weighted by Gasteiger charge is 2.04. The molecule has 0 bridgehead atoms. The van der Waals surface area contributed by atoms with Gasteiger partial charge < -0.3 is 15.4 Å². The molecule has 0 fully saturated rings. The normalized spacial score (nSPS) is 10.5. The maximum absolute atomic E-state index is 5.02. The Hall–Kier alpha value is -1.66. The number of nitrogens with zero attached hydrogens (tertiary/aromatic N) is 2. The Bertz CT molecular complexity index is 619. The molecule has 6 heteroatoms. The quantitative estimate of drug-likeness (QED) is 0.778. The van der Waals surface area contributed by atoms with Crippen LogP contribution in [0.25, 0.3) is 0 Å². The van der Waals surface area contributed by atoms with Gasteiger partial charge in [-0.3, -0.25) is 0 Å². The van der Waals surface area contributed by atoms with Gasteiger partial charge in [0.2, 0.25) is 0 Å². The van der Waals surface area contributed by atoms with Gasteiger partial charge in [0.1, 0.15) is 17.5 Å². The Morgan fingerprint density at radius 1 is 1.14 bits per heavy atom. The van der Waals surface area contributed by atoms with Crippen molar-refractivity contribution in [2.24, 2.45) is 0 Å². The summed E-state index contributed by atoms with van der Waals surface area (Å²) >= 11 is 3.46. The fraction of sp³-hybridized carbons (Fsp3) is 0.333. The third-order valence-electron chi connectivity index (χ3n) is 2.90. The van der Waals surface area contributed by atoms with E-state index in [1.165, 1.54) is 0 Å². The molecule has 0 aliphatic carbocycles. The van der Waals surface area contributed by atoms with Gasteiger partial charge in [0.25, 0.3) is 0 Å². The van der Waals surface area contributed by atoms with E-state index in [-0.39, 0.29) is 0 Å². The zero-order valence-corrected chi connectivity index (χ0v) is 14.0. The summed E-state index contributed by atoms with van der Waals surface area (Å²) in [5, 5.41) is 6.54. The Morgan fingerprint density at radius 2 is 1.90 bits per heavy atom. The van der Waals surface area contributed by atoms with Crippen LogP contribution in [0.15, 0.2) is 28.7 Å². The average molecular weight is 351 g/mol. The lowest BCUT2D eigenvalue weighted by molar-refractivity contribution is 0.210. The molecule has 2 N–H and O–H groups in total. The number of hydrogen-bond acceptors (Lipinski definition) is 5. The van der Waals surface area contributed by atoms with E-state index in [0.29, 0.717) is 13.2 Å². The number of benzene rings is 1. The molecule has 0 unspecified atom stereocenters. The zero-order chi connectivity index (χ0) is 15.2. The maximum Gasteiger partial charge on any atom is 0.136 e. The number of nitrogens with one attached hydrogen (secondary N) is 2. The first-order valence-electron chi connectivity index (χ1n) is 6.70. The van der Waals surface area contributed by atoms with E-state index < -0.39 is 0 Å². The zero-order valence-electron chi connectivity index (χ0n) is 12.4. The summed E-state index contributed by atoms with van der Waals surface area (Å²) in [6, 6.07) is 7.98. The van der Waals surface area contributed by atoms with Gasteiger partial charge >= 0.3 is 0 Å². The predicted octanol–water partition coefficient (Wildman–Crippen LogP) is 3.66. The van der Waals surface area contributed by atoms with Crippen molar-refractivity contribution in [2.75, 3.05) is 30.9 Å². The topological polar surface area (TPSA) is 59.1 Å². The van der Waals surface area contributed by atoms with Crippen LogP contribution < -0.4 is 10.6 Å². The minimum absolute atomic E-state index is 0.637. The third kappa shape index (κ3) is 4.68. The molecule has 2 rings (SSSR count). The molecule has 0 spiro atoms. The summed E-state index contributed by atoms with van der Waals surface area (Å²) in [4.78, 5) is 8.77. The van der Waals surface area contributed by atoms with Gasteiger partial charge in [-0.1, -0.05) is 15.9 Å². The molecule has 0 amide bonds. The van der Waals surface area contributed by atoms with Crippen LogP contribution in [0.1, 0.15) is 11.4 Å². The van der Waals surface area contributed by atoms with Crippen LogP contribution in [0, 0.1) is 13.8 Å². The van der Waals surface area contributed by atoms with Crippen molar-refractivity contribution in [2.45, 2.75) is 13.8 Å². The molecule has 0 aliphatic heterocycles.